The number of nitrogens with zero attached hydrogens (tertiary/aromatic N) is 1. The fourth-order valence-corrected chi connectivity index (χ4v) is 3.64. The smallest absolute Gasteiger partial charge is 0.225 e. The Morgan fingerprint density at radius 2 is 2.22 bits per heavy atom. The average molecular weight is 345 g/mol. The van der Waals surface area contributed by atoms with Crippen LogP contribution in [0.15, 0.2) is 41.8 Å². The van der Waals surface area contributed by atoms with E-state index in [1.165, 1.54) is 0 Å². The van der Waals surface area contributed by atoms with E-state index in [0.717, 1.165) is 33.9 Å². The molecule has 2 N–H and O–H groups in total. The lowest BCUT2D eigenvalue weighted by Crippen LogP contribution is -2.30. The van der Waals surface area contributed by atoms with Gasteiger partial charge in [-0.05, 0) is 42.0 Å². The number of aromatic amines is 1. The van der Waals surface area contributed by atoms with Crippen molar-refractivity contribution in [3.05, 3.63) is 52.5 Å². The molecule has 0 aliphatic heterocycles. The molecule has 2 aromatic heterocycles. The summed E-state index contributed by atoms with van der Waals surface area (Å²) in [6.07, 6.45) is 3.36. The van der Waals surface area contributed by atoms with E-state index in [1.807, 2.05) is 41.8 Å². The SMILES string of the molecule is CSCC[C@@H](NC(=O)Cc1cccs1)c1nc2ccccc2[nH]1. The number of thioether (sulfide) groups is 1. The summed E-state index contributed by atoms with van der Waals surface area (Å²) in [5.41, 5.74) is 1.94. The van der Waals surface area contributed by atoms with Gasteiger partial charge in [0, 0.05) is 4.88 Å². The molecular weight excluding hydrogens is 326 g/mol. The summed E-state index contributed by atoms with van der Waals surface area (Å²) in [7, 11) is 0. The number of aromatic nitrogens is 2. The van der Waals surface area contributed by atoms with Crippen LogP contribution in [0, 0.1) is 0 Å². The second kappa shape index (κ2) is 7.66. The lowest BCUT2D eigenvalue weighted by Gasteiger charge is -2.16. The summed E-state index contributed by atoms with van der Waals surface area (Å²) in [5, 5.41) is 5.12. The predicted octanol–water partition coefficient (Wildman–Crippen LogP) is 3.78. The molecule has 6 heteroatoms. The first-order chi connectivity index (χ1) is 11.3. The molecular formula is C17H19N3OS2. The molecule has 0 aliphatic rings. The highest BCUT2D eigenvalue weighted by molar-refractivity contribution is 7.98. The lowest BCUT2D eigenvalue weighted by molar-refractivity contribution is -0.121. The Balaban J connectivity index is 1.75. The molecule has 4 nitrogen and oxygen atoms in total. The summed E-state index contributed by atoms with van der Waals surface area (Å²) in [6.45, 7) is 0. The van der Waals surface area contributed by atoms with Crippen LogP contribution in [-0.2, 0) is 11.2 Å². The summed E-state index contributed by atoms with van der Waals surface area (Å²) >= 11 is 3.38. The van der Waals surface area contributed by atoms with E-state index in [2.05, 4.69) is 21.5 Å². The van der Waals surface area contributed by atoms with E-state index >= 15 is 0 Å². The molecule has 1 atom stereocenters. The van der Waals surface area contributed by atoms with Gasteiger partial charge in [0.2, 0.25) is 5.91 Å². The van der Waals surface area contributed by atoms with Gasteiger partial charge < -0.3 is 10.3 Å². The Morgan fingerprint density at radius 3 is 2.96 bits per heavy atom. The molecule has 0 fully saturated rings. The molecule has 0 saturated heterocycles. The molecule has 3 rings (SSSR count). The van der Waals surface area contributed by atoms with Gasteiger partial charge in [0.25, 0.3) is 0 Å². The highest BCUT2D eigenvalue weighted by Gasteiger charge is 2.18. The van der Waals surface area contributed by atoms with Gasteiger partial charge in [-0.25, -0.2) is 4.98 Å². The molecule has 23 heavy (non-hydrogen) atoms. The van der Waals surface area contributed by atoms with Crippen molar-refractivity contribution in [3.8, 4) is 0 Å². The number of hydrogen-bond acceptors (Lipinski definition) is 4. The van der Waals surface area contributed by atoms with Gasteiger partial charge in [-0.15, -0.1) is 11.3 Å². The van der Waals surface area contributed by atoms with Gasteiger partial charge in [0.15, 0.2) is 0 Å². The summed E-state index contributed by atoms with van der Waals surface area (Å²) in [6, 6.07) is 11.8. The minimum Gasteiger partial charge on any atom is -0.346 e. The highest BCUT2D eigenvalue weighted by Crippen LogP contribution is 2.20. The highest BCUT2D eigenvalue weighted by atomic mass is 32.2. The van der Waals surface area contributed by atoms with Crippen molar-refractivity contribution in [2.75, 3.05) is 12.0 Å². The summed E-state index contributed by atoms with van der Waals surface area (Å²) < 4.78 is 0. The Morgan fingerprint density at radius 1 is 1.35 bits per heavy atom. The maximum absolute atomic E-state index is 12.3. The number of imidazole rings is 1. The number of nitrogens with one attached hydrogen (secondary N) is 2. The Labute approximate surface area is 143 Å². The standard InChI is InChI=1S/C17H19N3OS2/c1-22-10-8-15(18-16(21)11-12-5-4-9-23-12)17-19-13-6-2-3-7-14(13)20-17/h2-7,9,15H,8,10-11H2,1H3,(H,18,21)(H,19,20)/t15-/m1/s1. The molecule has 1 aromatic carbocycles. The van der Waals surface area contributed by atoms with Crippen molar-refractivity contribution in [2.24, 2.45) is 0 Å². The second-order valence-corrected chi connectivity index (χ2v) is 7.31. The molecule has 0 spiro atoms. The van der Waals surface area contributed by atoms with Crippen LogP contribution in [0.5, 0.6) is 0 Å². The van der Waals surface area contributed by atoms with Gasteiger partial charge >= 0.3 is 0 Å². The van der Waals surface area contributed by atoms with Crippen LogP contribution in [0.3, 0.4) is 0 Å². The van der Waals surface area contributed by atoms with Gasteiger partial charge in [0.05, 0.1) is 23.5 Å². The largest absolute Gasteiger partial charge is 0.346 e. The van der Waals surface area contributed by atoms with Gasteiger partial charge in [0.1, 0.15) is 5.82 Å². The zero-order valence-corrected chi connectivity index (χ0v) is 14.5. The molecule has 2 heterocycles. The number of carbonyl (C=O) groups excluding carboxylic acids is 1. The Kier molecular flexibility index (Phi) is 5.35. The van der Waals surface area contributed by atoms with E-state index in [1.54, 1.807) is 23.1 Å². The fraction of sp³-hybridized carbons (Fsp3) is 0.294. The first-order valence-corrected chi connectivity index (χ1v) is 9.79. The Bertz CT molecular complexity index is 734. The number of rotatable bonds is 7. The third-order valence-electron chi connectivity index (χ3n) is 3.60. The average Bonchev–Trinajstić information content (AvgIpc) is 3.20. The van der Waals surface area contributed by atoms with Crippen molar-refractivity contribution in [1.82, 2.24) is 15.3 Å². The Hall–Kier alpha value is -1.79. The third-order valence-corrected chi connectivity index (χ3v) is 5.12. The van der Waals surface area contributed by atoms with Crippen molar-refractivity contribution in [1.29, 1.82) is 0 Å². The number of thiophene rings is 1. The minimum absolute atomic E-state index is 0.0407. The zero-order valence-electron chi connectivity index (χ0n) is 12.9. The normalized spacial score (nSPS) is 12.4. The van der Waals surface area contributed by atoms with E-state index in [4.69, 9.17) is 0 Å². The number of para-hydroxylation sites is 2. The van der Waals surface area contributed by atoms with Crippen LogP contribution < -0.4 is 5.32 Å². The van der Waals surface area contributed by atoms with Crippen molar-refractivity contribution >= 4 is 40.0 Å². The zero-order chi connectivity index (χ0) is 16.1. The van der Waals surface area contributed by atoms with Gasteiger partial charge in [-0.3, -0.25) is 4.79 Å². The maximum atomic E-state index is 12.3. The number of H-pyrrole nitrogens is 1. The summed E-state index contributed by atoms with van der Waals surface area (Å²) in [4.78, 5) is 21.4. The topological polar surface area (TPSA) is 57.8 Å². The quantitative estimate of drug-likeness (QED) is 0.685. The van der Waals surface area contributed by atoms with Crippen LogP contribution in [0.25, 0.3) is 11.0 Å². The second-order valence-electron chi connectivity index (χ2n) is 5.30. The minimum atomic E-state index is -0.0812. The van der Waals surface area contributed by atoms with Crippen LogP contribution >= 0.6 is 23.1 Å². The van der Waals surface area contributed by atoms with Crippen LogP contribution in [0.4, 0.5) is 0 Å². The maximum Gasteiger partial charge on any atom is 0.225 e. The van der Waals surface area contributed by atoms with E-state index in [0.29, 0.717) is 6.42 Å². The van der Waals surface area contributed by atoms with E-state index in [-0.39, 0.29) is 11.9 Å². The van der Waals surface area contributed by atoms with Crippen LogP contribution in [0.1, 0.15) is 23.2 Å². The fourth-order valence-electron chi connectivity index (χ4n) is 2.47. The first kappa shape index (κ1) is 16.1. The van der Waals surface area contributed by atoms with Gasteiger partial charge in [-0.2, -0.15) is 11.8 Å². The molecule has 0 unspecified atom stereocenters. The van der Waals surface area contributed by atoms with E-state index < -0.39 is 0 Å². The third kappa shape index (κ3) is 4.14. The van der Waals surface area contributed by atoms with E-state index in [9.17, 15) is 4.79 Å². The molecule has 0 radical (unpaired) electrons. The van der Waals surface area contributed by atoms with Crippen molar-refractivity contribution in [3.63, 3.8) is 0 Å². The number of benzene rings is 1. The first-order valence-electron chi connectivity index (χ1n) is 7.51. The molecule has 0 saturated carbocycles. The van der Waals surface area contributed by atoms with Crippen LogP contribution in [0.2, 0.25) is 0 Å². The number of amides is 1. The predicted molar refractivity (Wildman–Crippen MR) is 98.0 cm³/mol. The van der Waals surface area contributed by atoms with Crippen molar-refractivity contribution < 1.29 is 4.79 Å². The molecule has 3 aromatic rings. The molecule has 1 amide bonds. The number of fused-ring (bicyclic) bond motifs is 1. The lowest BCUT2D eigenvalue weighted by atomic mass is 10.2. The molecule has 0 bridgehead atoms. The summed E-state index contributed by atoms with van der Waals surface area (Å²) in [5.74, 6) is 1.85. The molecule has 0 aliphatic carbocycles. The number of carbonyl (C=O) groups is 1. The van der Waals surface area contributed by atoms with Crippen LogP contribution in [-0.4, -0.2) is 27.9 Å². The molecule has 120 valence electrons. The monoisotopic (exact) mass is 345 g/mol. The van der Waals surface area contributed by atoms with Crippen molar-refractivity contribution in [2.45, 2.75) is 18.9 Å². The van der Waals surface area contributed by atoms with Gasteiger partial charge in [-0.1, -0.05) is 18.2 Å². The number of hydrogen-bond donors (Lipinski definition) is 2.